The van der Waals surface area contributed by atoms with E-state index < -0.39 is 6.10 Å². The van der Waals surface area contributed by atoms with Crippen molar-refractivity contribution in [3.63, 3.8) is 0 Å². The van der Waals surface area contributed by atoms with Crippen molar-refractivity contribution in [3.8, 4) is 5.75 Å². The number of likely N-dealkylation sites (N-methyl/N-ethyl adjacent to an activating group) is 1. The largest absolute Gasteiger partial charge is 0.481 e. The molecule has 0 aliphatic carbocycles. The predicted molar refractivity (Wildman–Crippen MR) is 123 cm³/mol. The monoisotopic (exact) mass is 403 g/mol. The highest BCUT2D eigenvalue weighted by molar-refractivity contribution is 5.94. The van der Waals surface area contributed by atoms with Crippen LogP contribution in [0.25, 0.3) is 10.8 Å². The summed E-state index contributed by atoms with van der Waals surface area (Å²) in [4.78, 5) is 17.5. The number of fused-ring (bicyclic) bond motifs is 1. The van der Waals surface area contributed by atoms with Crippen molar-refractivity contribution in [1.29, 1.82) is 0 Å². The molecule has 0 saturated carbocycles. The third kappa shape index (κ3) is 4.74. The van der Waals surface area contributed by atoms with E-state index in [0.717, 1.165) is 42.6 Å². The summed E-state index contributed by atoms with van der Waals surface area (Å²) in [6.07, 6.45) is 0.0568. The Morgan fingerprint density at radius 1 is 0.967 bits per heavy atom. The van der Waals surface area contributed by atoms with Gasteiger partial charge in [0.15, 0.2) is 6.10 Å². The highest BCUT2D eigenvalue weighted by Crippen LogP contribution is 2.23. The molecule has 1 saturated heterocycles. The van der Waals surface area contributed by atoms with Crippen molar-refractivity contribution in [2.75, 3.05) is 43.4 Å². The molecule has 4 rings (SSSR count). The molecule has 1 aliphatic heterocycles. The number of benzene rings is 3. The molecule has 0 spiro atoms. The zero-order valence-corrected chi connectivity index (χ0v) is 17.7. The van der Waals surface area contributed by atoms with Crippen molar-refractivity contribution >= 4 is 28.1 Å². The number of nitrogens with one attached hydrogen (secondary N) is 1. The van der Waals surface area contributed by atoms with Gasteiger partial charge < -0.3 is 19.9 Å². The number of hydrogen-bond donors (Lipinski definition) is 1. The second-order valence-corrected chi connectivity index (χ2v) is 7.85. The zero-order chi connectivity index (χ0) is 20.9. The van der Waals surface area contributed by atoms with Crippen LogP contribution in [0.3, 0.4) is 0 Å². The number of ether oxygens (including phenoxy) is 1. The summed E-state index contributed by atoms with van der Waals surface area (Å²) in [7, 11) is 2.15. The molecule has 5 nitrogen and oxygen atoms in total. The molecule has 5 heteroatoms. The molecule has 1 heterocycles. The Bertz CT molecular complexity index is 995. The SMILES string of the molecule is CCC(Oc1ccc2ccccc2c1)C(=O)Nc1ccc(N2CCN(C)CC2)cc1. The Morgan fingerprint density at radius 2 is 1.67 bits per heavy atom. The van der Waals surface area contributed by atoms with Crippen molar-refractivity contribution in [2.24, 2.45) is 0 Å². The number of amides is 1. The van der Waals surface area contributed by atoms with E-state index >= 15 is 0 Å². The van der Waals surface area contributed by atoms with E-state index in [-0.39, 0.29) is 5.91 Å². The number of carbonyl (C=O) groups is 1. The Balaban J connectivity index is 1.38. The standard InChI is InChI=1S/C25H29N3O2/c1-3-24(30-23-13-8-19-6-4-5-7-20(19)18-23)25(29)26-21-9-11-22(12-10-21)28-16-14-27(2)15-17-28/h4-13,18,24H,3,14-17H2,1-2H3,(H,26,29). The van der Waals surface area contributed by atoms with Gasteiger partial charge in [-0.2, -0.15) is 0 Å². The van der Waals surface area contributed by atoms with Gasteiger partial charge in [0, 0.05) is 37.6 Å². The molecule has 156 valence electrons. The average Bonchev–Trinajstić information content (AvgIpc) is 2.78. The Hall–Kier alpha value is -3.05. The smallest absolute Gasteiger partial charge is 0.265 e. The van der Waals surface area contributed by atoms with Gasteiger partial charge in [-0.3, -0.25) is 4.79 Å². The average molecular weight is 404 g/mol. The molecule has 1 amide bonds. The van der Waals surface area contributed by atoms with Gasteiger partial charge in [0.25, 0.3) is 5.91 Å². The number of anilines is 2. The van der Waals surface area contributed by atoms with Crippen LogP contribution in [0.15, 0.2) is 66.7 Å². The normalized spacial score (nSPS) is 15.7. The summed E-state index contributed by atoms with van der Waals surface area (Å²) in [6.45, 7) is 6.16. The summed E-state index contributed by atoms with van der Waals surface area (Å²) in [6, 6.07) is 22.1. The van der Waals surface area contributed by atoms with Crippen LogP contribution in [0.1, 0.15) is 13.3 Å². The molecule has 0 radical (unpaired) electrons. The van der Waals surface area contributed by atoms with Gasteiger partial charge in [-0.05, 0) is 60.6 Å². The second-order valence-electron chi connectivity index (χ2n) is 7.85. The zero-order valence-electron chi connectivity index (χ0n) is 17.7. The van der Waals surface area contributed by atoms with Crippen LogP contribution in [0.2, 0.25) is 0 Å². The lowest BCUT2D eigenvalue weighted by Gasteiger charge is -2.34. The number of hydrogen-bond acceptors (Lipinski definition) is 4. The molecule has 0 aromatic heterocycles. The Labute approximate surface area is 178 Å². The van der Waals surface area contributed by atoms with Gasteiger partial charge in [-0.25, -0.2) is 0 Å². The second kappa shape index (κ2) is 9.18. The van der Waals surface area contributed by atoms with Crippen molar-refractivity contribution in [3.05, 3.63) is 66.7 Å². The van der Waals surface area contributed by atoms with Crippen LogP contribution in [0.4, 0.5) is 11.4 Å². The first-order chi connectivity index (χ1) is 14.6. The maximum atomic E-state index is 12.8. The van der Waals surface area contributed by atoms with E-state index in [0.29, 0.717) is 12.2 Å². The molecule has 1 fully saturated rings. The third-order valence-corrected chi connectivity index (χ3v) is 5.67. The Morgan fingerprint density at radius 3 is 2.37 bits per heavy atom. The van der Waals surface area contributed by atoms with Crippen molar-refractivity contribution in [2.45, 2.75) is 19.4 Å². The third-order valence-electron chi connectivity index (χ3n) is 5.67. The van der Waals surface area contributed by atoms with Gasteiger partial charge in [0.2, 0.25) is 0 Å². The molecule has 1 N–H and O–H groups in total. The van der Waals surface area contributed by atoms with E-state index in [1.54, 1.807) is 0 Å². The molecule has 1 aliphatic rings. The first-order valence-corrected chi connectivity index (χ1v) is 10.6. The van der Waals surface area contributed by atoms with Crippen LogP contribution in [-0.2, 0) is 4.79 Å². The molecule has 0 bridgehead atoms. The van der Waals surface area contributed by atoms with Crippen LogP contribution in [-0.4, -0.2) is 50.1 Å². The Kier molecular flexibility index (Phi) is 6.19. The van der Waals surface area contributed by atoms with Crippen LogP contribution >= 0.6 is 0 Å². The van der Waals surface area contributed by atoms with Crippen LogP contribution in [0.5, 0.6) is 5.75 Å². The lowest BCUT2D eigenvalue weighted by atomic mass is 10.1. The summed E-state index contributed by atoms with van der Waals surface area (Å²) in [5.74, 6) is 0.583. The summed E-state index contributed by atoms with van der Waals surface area (Å²) in [5, 5.41) is 5.25. The quantitative estimate of drug-likeness (QED) is 0.663. The maximum Gasteiger partial charge on any atom is 0.265 e. The van der Waals surface area contributed by atoms with E-state index in [4.69, 9.17) is 4.74 Å². The number of carbonyl (C=O) groups excluding carboxylic acids is 1. The molecule has 1 atom stereocenters. The highest BCUT2D eigenvalue weighted by atomic mass is 16.5. The van der Waals surface area contributed by atoms with Gasteiger partial charge >= 0.3 is 0 Å². The van der Waals surface area contributed by atoms with E-state index in [1.165, 1.54) is 5.69 Å². The van der Waals surface area contributed by atoms with E-state index in [1.807, 2.05) is 55.5 Å². The fourth-order valence-corrected chi connectivity index (χ4v) is 3.77. The van der Waals surface area contributed by atoms with Crippen LogP contribution in [0, 0.1) is 0 Å². The highest BCUT2D eigenvalue weighted by Gasteiger charge is 2.19. The van der Waals surface area contributed by atoms with Crippen LogP contribution < -0.4 is 15.0 Å². The first-order valence-electron chi connectivity index (χ1n) is 10.6. The summed E-state index contributed by atoms with van der Waals surface area (Å²) in [5.41, 5.74) is 1.99. The molecular weight excluding hydrogens is 374 g/mol. The van der Waals surface area contributed by atoms with E-state index in [9.17, 15) is 4.79 Å². The molecule has 3 aromatic rings. The minimum absolute atomic E-state index is 0.127. The molecular formula is C25H29N3O2. The van der Waals surface area contributed by atoms with Gasteiger partial charge in [0.1, 0.15) is 5.75 Å². The van der Waals surface area contributed by atoms with Crippen molar-refractivity contribution < 1.29 is 9.53 Å². The summed E-state index contributed by atoms with van der Waals surface area (Å²) < 4.78 is 6.01. The van der Waals surface area contributed by atoms with Crippen molar-refractivity contribution in [1.82, 2.24) is 4.90 Å². The maximum absolute atomic E-state index is 12.8. The number of piperazine rings is 1. The lowest BCUT2D eigenvalue weighted by Crippen LogP contribution is -2.44. The fraction of sp³-hybridized carbons (Fsp3) is 0.320. The van der Waals surface area contributed by atoms with Gasteiger partial charge in [0.05, 0.1) is 0 Å². The van der Waals surface area contributed by atoms with Gasteiger partial charge in [-0.1, -0.05) is 37.3 Å². The minimum atomic E-state index is -0.538. The first kappa shape index (κ1) is 20.2. The number of nitrogens with zero attached hydrogens (tertiary/aromatic N) is 2. The molecule has 3 aromatic carbocycles. The fourth-order valence-electron chi connectivity index (χ4n) is 3.77. The lowest BCUT2D eigenvalue weighted by molar-refractivity contribution is -0.122. The van der Waals surface area contributed by atoms with Gasteiger partial charge in [-0.15, -0.1) is 0 Å². The van der Waals surface area contributed by atoms with E-state index in [2.05, 4.69) is 40.4 Å². The topological polar surface area (TPSA) is 44.8 Å². The predicted octanol–water partition coefficient (Wildman–Crippen LogP) is 4.39. The molecule has 30 heavy (non-hydrogen) atoms. The summed E-state index contributed by atoms with van der Waals surface area (Å²) >= 11 is 0. The minimum Gasteiger partial charge on any atom is -0.481 e. The number of rotatable bonds is 6. The molecule has 1 unspecified atom stereocenters.